The second-order valence-electron chi connectivity index (χ2n) is 2.72. The molecule has 0 bridgehead atoms. The second-order valence-corrected chi connectivity index (χ2v) is 2.72. The van der Waals surface area contributed by atoms with Crippen molar-refractivity contribution >= 4 is 6.03 Å². The highest BCUT2D eigenvalue weighted by Crippen LogP contribution is 2.13. The van der Waals surface area contributed by atoms with E-state index in [1.807, 2.05) is 13.0 Å². The van der Waals surface area contributed by atoms with Gasteiger partial charge in [0.25, 0.3) is 0 Å². The molecular formula is C8H13N3O2. The van der Waals surface area contributed by atoms with E-state index >= 15 is 0 Å². The van der Waals surface area contributed by atoms with Gasteiger partial charge in [-0.05, 0) is 13.0 Å². The van der Waals surface area contributed by atoms with Crippen LogP contribution in [0.4, 0.5) is 4.79 Å². The number of carbonyl (C=O) groups is 1. The van der Waals surface area contributed by atoms with E-state index in [0.29, 0.717) is 18.8 Å². The molecular weight excluding hydrogens is 170 g/mol. The Bertz CT molecular complexity index is 306. The normalized spacial score (nSPS) is 10.0. The molecule has 1 aromatic heterocycles. The van der Waals surface area contributed by atoms with Gasteiger partial charge >= 0.3 is 6.03 Å². The number of hydrogen-bond acceptors (Lipinski definition) is 3. The van der Waals surface area contributed by atoms with Crippen LogP contribution < -0.4 is 16.8 Å². The maximum absolute atomic E-state index is 10.4. The summed E-state index contributed by atoms with van der Waals surface area (Å²) in [6.07, 6.45) is 0. The van der Waals surface area contributed by atoms with Crippen LogP contribution in [0.25, 0.3) is 0 Å². The monoisotopic (exact) mass is 183 g/mol. The Hall–Kier alpha value is -1.49. The van der Waals surface area contributed by atoms with Gasteiger partial charge in [-0.15, -0.1) is 0 Å². The second kappa shape index (κ2) is 3.95. The first-order valence-electron chi connectivity index (χ1n) is 3.95. The summed E-state index contributed by atoms with van der Waals surface area (Å²) in [6.45, 7) is 2.57. The van der Waals surface area contributed by atoms with Crippen molar-refractivity contribution in [3.05, 3.63) is 23.2 Å². The maximum Gasteiger partial charge on any atom is 0.312 e. The number of amides is 2. The molecule has 13 heavy (non-hydrogen) atoms. The molecule has 0 saturated carbocycles. The van der Waals surface area contributed by atoms with E-state index in [9.17, 15) is 4.79 Å². The molecule has 0 saturated heterocycles. The van der Waals surface area contributed by atoms with Gasteiger partial charge in [-0.1, -0.05) is 0 Å². The number of urea groups is 1. The highest BCUT2D eigenvalue weighted by Gasteiger charge is 2.05. The van der Waals surface area contributed by atoms with Gasteiger partial charge in [0.2, 0.25) is 0 Å². The van der Waals surface area contributed by atoms with Gasteiger partial charge in [0.15, 0.2) is 0 Å². The van der Waals surface area contributed by atoms with Crippen molar-refractivity contribution in [2.24, 2.45) is 11.5 Å². The van der Waals surface area contributed by atoms with E-state index in [1.54, 1.807) is 0 Å². The predicted molar refractivity (Wildman–Crippen MR) is 47.8 cm³/mol. The average molecular weight is 183 g/mol. The van der Waals surface area contributed by atoms with Crippen molar-refractivity contribution in [2.75, 3.05) is 0 Å². The molecule has 72 valence electrons. The van der Waals surface area contributed by atoms with Crippen molar-refractivity contribution in [3.63, 3.8) is 0 Å². The Morgan fingerprint density at radius 1 is 1.69 bits per heavy atom. The van der Waals surface area contributed by atoms with Crippen molar-refractivity contribution in [1.29, 1.82) is 0 Å². The molecule has 5 nitrogen and oxygen atoms in total. The van der Waals surface area contributed by atoms with Gasteiger partial charge in [0.1, 0.15) is 11.5 Å². The van der Waals surface area contributed by atoms with Gasteiger partial charge in [-0.2, -0.15) is 0 Å². The third kappa shape index (κ3) is 2.48. The lowest BCUT2D eigenvalue weighted by molar-refractivity contribution is 0.247. The molecule has 5 heteroatoms. The largest absolute Gasteiger partial charge is 0.464 e. The number of furan rings is 1. The minimum Gasteiger partial charge on any atom is -0.464 e. The molecule has 0 aliphatic rings. The summed E-state index contributed by atoms with van der Waals surface area (Å²) in [5.74, 6) is 1.44. The van der Waals surface area contributed by atoms with Crippen LogP contribution in [0.1, 0.15) is 17.1 Å². The standard InChI is InChI=1S/C8H13N3O2/c1-5-6(3-9)2-7(13-5)4-11-8(10)12/h2H,3-4,9H2,1H3,(H3,10,11,12). The third-order valence-corrected chi connectivity index (χ3v) is 1.73. The molecule has 1 rings (SSSR count). The van der Waals surface area contributed by atoms with E-state index in [0.717, 1.165) is 11.3 Å². The number of hydrogen-bond donors (Lipinski definition) is 3. The molecule has 5 N–H and O–H groups in total. The van der Waals surface area contributed by atoms with Crippen LogP contribution in [0.2, 0.25) is 0 Å². The van der Waals surface area contributed by atoms with Gasteiger partial charge in [-0.3, -0.25) is 0 Å². The van der Waals surface area contributed by atoms with Crippen LogP contribution >= 0.6 is 0 Å². The number of aryl methyl sites for hydroxylation is 1. The van der Waals surface area contributed by atoms with E-state index in [1.165, 1.54) is 0 Å². The molecule has 1 aromatic rings. The Morgan fingerprint density at radius 3 is 2.85 bits per heavy atom. The summed E-state index contributed by atoms with van der Waals surface area (Å²) in [4.78, 5) is 10.4. The molecule has 0 radical (unpaired) electrons. The lowest BCUT2D eigenvalue weighted by Gasteiger charge is -1.95. The summed E-state index contributed by atoms with van der Waals surface area (Å²) in [5.41, 5.74) is 11.3. The highest BCUT2D eigenvalue weighted by atomic mass is 16.3. The molecule has 0 aliphatic heterocycles. The van der Waals surface area contributed by atoms with Gasteiger partial charge in [-0.25, -0.2) is 4.79 Å². The quantitative estimate of drug-likeness (QED) is 0.625. The lowest BCUT2D eigenvalue weighted by atomic mass is 10.2. The third-order valence-electron chi connectivity index (χ3n) is 1.73. The van der Waals surface area contributed by atoms with Crippen molar-refractivity contribution in [3.8, 4) is 0 Å². The molecule has 0 spiro atoms. The molecule has 2 amide bonds. The van der Waals surface area contributed by atoms with Crippen LogP contribution in [-0.4, -0.2) is 6.03 Å². The van der Waals surface area contributed by atoms with Crippen molar-refractivity contribution < 1.29 is 9.21 Å². The van der Waals surface area contributed by atoms with E-state index in [4.69, 9.17) is 15.9 Å². The van der Waals surface area contributed by atoms with E-state index < -0.39 is 6.03 Å². The predicted octanol–water partition coefficient (Wildman–Crippen LogP) is 0.215. The molecule has 1 heterocycles. The maximum atomic E-state index is 10.4. The smallest absolute Gasteiger partial charge is 0.312 e. The molecule has 0 unspecified atom stereocenters. The summed E-state index contributed by atoms with van der Waals surface area (Å²) >= 11 is 0. The summed E-state index contributed by atoms with van der Waals surface area (Å²) in [7, 11) is 0. The van der Waals surface area contributed by atoms with Crippen LogP contribution in [0.5, 0.6) is 0 Å². The Balaban J connectivity index is 2.62. The molecule has 0 aliphatic carbocycles. The number of rotatable bonds is 3. The van der Waals surface area contributed by atoms with Crippen LogP contribution in [0.15, 0.2) is 10.5 Å². The van der Waals surface area contributed by atoms with Gasteiger partial charge in [0, 0.05) is 12.1 Å². The van der Waals surface area contributed by atoms with E-state index in [-0.39, 0.29) is 0 Å². The topological polar surface area (TPSA) is 94.3 Å². The molecule has 0 aromatic carbocycles. The molecule has 0 atom stereocenters. The van der Waals surface area contributed by atoms with Crippen molar-refractivity contribution in [2.45, 2.75) is 20.0 Å². The first kappa shape index (κ1) is 9.60. The fourth-order valence-electron chi connectivity index (χ4n) is 1.05. The number of primary amides is 1. The zero-order valence-corrected chi connectivity index (χ0v) is 7.46. The zero-order chi connectivity index (χ0) is 9.84. The molecule has 0 fully saturated rings. The van der Waals surface area contributed by atoms with Crippen LogP contribution in [0.3, 0.4) is 0 Å². The summed E-state index contributed by atoms with van der Waals surface area (Å²) in [6, 6.07) is 1.24. The number of nitrogens with two attached hydrogens (primary N) is 2. The van der Waals surface area contributed by atoms with Crippen LogP contribution in [0, 0.1) is 6.92 Å². The first-order valence-corrected chi connectivity index (χ1v) is 3.95. The summed E-state index contributed by atoms with van der Waals surface area (Å²) < 4.78 is 5.31. The summed E-state index contributed by atoms with van der Waals surface area (Å²) in [5, 5.41) is 2.43. The van der Waals surface area contributed by atoms with Gasteiger partial charge < -0.3 is 21.2 Å². The van der Waals surface area contributed by atoms with Crippen LogP contribution in [-0.2, 0) is 13.1 Å². The first-order chi connectivity index (χ1) is 6.13. The lowest BCUT2D eigenvalue weighted by Crippen LogP contribution is -2.28. The average Bonchev–Trinajstić information content (AvgIpc) is 2.43. The Morgan fingerprint density at radius 2 is 2.38 bits per heavy atom. The highest BCUT2D eigenvalue weighted by molar-refractivity contribution is 5.71. The zero-order valence-electron chi connectivity index (χ0n) is 7.46. The number of nitrogens with one attached hydrogen (secondary N) is 1. The van der Waals surface area contributed by atoms with Crippen molar-refractivity contribution in [1.82, 2.24) is 5.32 Å². The van der Waals surface area contributed by atoms with Gasteiger partial charge in [0.05, 0.1) is 6.54 Å². The Kier molecular flexibility index (Phi) is 2.92. The minimum absolute atomic E-state index is 0.302. The Labute approximate surface area is 76.1 Å². The fraction of sp³-hybridized carbons (Fsp3) is 0.375. The number of carbonyl (C=O) groups excluding carboxylic acids is 1. The SMILES string of the molecule is Cc1oc(CNC(N)=O)cc1CN. The minimum atomic E-state index is -0.566. The fourth-order valence-corrected chi connectivity index (χ4v) is 1.05. The van der Waals surface area contributed by atoms with E-state index in [2.05, 4.69) is 5.32 Å².